The lowest BCUT2D eigenvalue weighted by Crippen LogP contribution is -2.23. The Kier molecular flexibility index (Phi) is 3.89. The van der Waals surface area contributed by atoms with Crippen LogP contribution in [-0.2, 0) is 7.05 Å². The summed E-state index contributed by atoms with van der Waals surface area (Å²) < 4.78 is 1.97. The number of carbonyl (C=O) groups excluding carboxylic acids is 1. The van der Waals surface area contributed by atoms with Crippen LogP contribution >= 0.6 is 11.6 Å². The molecule has 1 amide bonds. The topological polar surface area (TPSA) is 51.0 Å². The zero-order chi connectivity index (χ0) is 18.4. The van der Waals surface area contributed by atoms with Gasteiger partial charge in [0.2, 0.25) is 0 Å². The van der Waals surface area contributed by atoms with E-state index < -0.39 is 0 Å². The monoisotopic (exact) mass is 364 g/mol. The molecule has 4 rings (SSSR count). The maximum Gasteiger partial charge on any atom is 0.272 e. The number of aryl methyl sites for hydroxylation is 1. The van der Waals surface area contributed by atoms with Crippen LogP contribution in [0.5, 0.6) is 0 Å². The first-order chi connectivity index (χ1) is 12.5. The molecule has 0 atom stereocenters. The summed E-state index contributed by atoms with van der Waals surface area (Å²) in [6.07, 6.45) is 0. The van der Waals surface area contributed by atoms with E-state index in [9.17, 15) is 4.79 Å². The maximum absolute atomic E-state index is 12.9. The van der Waals surface area contributed by atoms with Crippen molar-refractivity contribution >= 4 is 39.4 Å². The van der Waals surface area contributed by atoms with Crippen LogP contribution in [0, 0.1) is 0 Å². The molecule has 6 heteroatoms. The van der Waals surface area contributed by atoms with Crippen LogP contribution in [0.25, 0.3) is 33.3 Å². The quantitative estimate of drug-likeness (QED) is 0.537. The van der Waals surface area contributed by atoms with Crippen molar-refractivity contribution in [1.29, 1.82) is 0 Å². The predicted octanol–water partition coefficient (Wildman–Crippen LogP) is 4.14. The minimum absolute atomic E-state index is 0.165. The Morgan fingerprint density at radius 1 is 1.08 bits per heavy atom. The molecule has 2 heterocycles. The zero-order valence-electron chi connectivity index (χ0n) is 14.7. The third-order valence-corrected chi connectivity index (χ3v) is 4.67. The molecule has 0 unspecified atom stereocenters. The molecule has 0 aliphatic heterocycles. The molecule has 0 aliphatic rings. The molecular formula is C20H17ClN4O. The second-order valence-electron chi connectivity index (χ2n) is 6.38. The van der Waals surface area contributed by atoms with Crippen molar-refractivity contribution in [1.82, 2.24) is 19.4 Å². The Morgan fingerprint density at radius 3 is 2.50 bits per heavy atom. The molecule has 2 aromatic carbocycles. The number of nitrogens with zero attached hydrogens (tertiary/aromatic N) is 4. The van der Waals surface area contributed by atoms with Crippen molar-refractivity contribution in [2.24, 2.45) is 7.05 Å². The largest absolute Gasteiger partial charge is 0.343 e. The highest BCUT2D eigenvalue weighted by Crippen LogP contribution is 2.33. The van der Waals surface area contributed by atoms with E-state index in [0.29, 0.717) is 22.2 Å². The number of amides is 1. The summed E-state index contributed by atoms with van der Waals surface area (Å²) in [5.41, 5.74) is 2.91. The number of rotatable bonds is 2. The first-order valence-corrected chi connectivity index (χ1v) is 8.58. The molecule has 0 bridgehead atoms. The Labute approximate surface area is 155 Å². The molecular weight excluding hydrogens is 348 g/mol. The molecule has 0 aliphatic carbocycles. The fraction of sp³-hybridized carbons (Fsp3) is 0.150. The van der Waals surface area contributed by atoms with Gasteiger partial charge in [0.25, 0.3) is 5.91 Å². The smallest absolute Gasteiger partial charge is 0.272 e. The Balaban J connectivity index is 2.15. The molecule has 0 fully saturated rings. The summed E-state index contributed by atoms with van der Waals surface area (Å²) in [7, 11) is 5.37. The van der Waals surface area contributed by atoms with Crippen LogP contribution in [0.4, 0.5) is 0 Å². The van der Waals surface area contributed by atoms with Crippen LogP contribution in [0.1, 0.15) is 10.5 Å². The van der Waals surface area contributed by atoms with Crippen LogP contribution in [0.15, 0.2) is 48.5 Å². The van der Waals surface area contributed by atoms with Gasteiger partial charge in [-0.1, -0.05) is 41.9 Å². The number of halogens is 1. The van der Waals surface area contributed by atoms with Gasteiger partial charge in [0.15, 0.2) is 5.82 Å². The van der Waals surface area contributed by atoms with Crippen LogP contribution in [-0.4, -0.2) is 39.4 Å². The van der Waals surface area contributed by atoms with Gasteiger partial charge in [0, 0.05) is 37.1 Å². The van der Waals surface area contributed by atoms with E-state index in [1.54, 1.807) is 14.1 Å². The van der Waals surface area contributed by atoms with Crippen molar-refractivity contribution in [3.05, 3.63) is 59.2 Å². The number of carbonyl (C=O) groups is 1. The number of aromatic nitrogens is 3. The van der Waals surface area contributed by atoms with Crippen molar-refractivity contribution < 1.29 is 4.79 Å². The minimum atomic E-state index is -0.165. The number of hydrogen-bond donors (Lipinski definition) is 0. The fourth-order valence-corrected chi connectivity index (χ4v) is 3.31. The Hall–Kier alpha value is -2.92. The summed E-state index contributed by atoms with van der Waals surface area (Å²) in [5, 5.41) is 2.21. The highest BCUT2D eigenvalue weighted by atomic mass is 35.5. The van der Waals surface area contributed by atoms with E-state index in [0.717, 1.165) is 21.9 Å². The molecule has 0 saturated carbocycles. The average Bonchev–Trinajstić information content (AvgIpc) is 2.93. The van der Waals surface area contributed by atoms with Gasteiger partial charge >= 0.3 is 0 Å². The molecule has 0 radical (unpaired) electrons. The SMILES string of the molecule is CN(C)C(=O)c1nc(-c2ccccc2)nc2c1c1cc(Cl)ccc1n2C. The second kappa shape index (κ2) is 6.11. The summed E-state index contributed by atoms with van der Waals surface area (Å²) in [5.74, 6) is 0.363. The van der Waals surface area contributed by atoms with E-state index in [4.69, 9.17) is 16.6 Å². The standard InChI is InChI=1S/C20H17ClN4O/c1-24(2)20(26)17-16-14-11-13(21)9-10-15(14)25(3)19(16)23-18(22-17)12-7-5-4-6-8-12/h4-11H,1-3H3. The lowest BCUT2D eigenvalue weighted by molar-refractivity contribution is 0.0824. The summed E-state index contributed by atoms with van der Waals surface area (Å²) in [6.45, 7) is 0. The third kappa shape index (κ3) is 2.52. The van der Waals surface area contributed by atoms with Crippen molar-refractivity contribution in [2.45, 2.75) is 0 Å². The second-order valence-corrected chi connectivity index (χ2v) is 6.82. The summed E-state index contributed by atoms with van der Waals surface area (Å²) in [6, 6.07) is 15.3. The fourth-order valence-electron chi connectivity index (χ4n) is 3.14. The highest BCUT2D eigenvalue weighted by molar-refractivity contribution is 6.32. The van der Waals surface area contributed by atoms with Gasteiger partial charge < -0.3 is 9.47 Å². The Bertz CT molecular complexity index is 1150. The van der Waals surface area contributed by atoms with Gasteiger partial charge in [-0.2, -0.15) is 0 Å². The van der Waals surface area contributed by atoms with E-state index in [1.165, 1.54) is 4.90 Å². The van der Waals surface area contributed by atoms with Gasteiger partial charge in [-0.25, -0.2) is 9.97 Å². The molecule has 0 saturated heterocycles. The predicted molar refractivity (Wildman–Crippen MR) is 104 cm³/mol. The number of fused-ring (bicyclic) bond motifs is 3. The molecule has 4 aromatic rings. The summed E-state index contributed by atoms with van der Waals surface area (Å²) in [4.78, 5) is 23.8. The molecule has 2 aromatic heterocycles. The molecule has 5 nitrogen and oxygen atoms in total. The van der Waals surface area contributed by atoms with Crippen LogP contribution in [0.2, 0.25) is 5.02 Å². The number of benzene rings is 2. The average molecular weight is 365 g/mol. The van der Waals surface area contributed by atoms with Crippen LogP contribution in [0.3, 0.4) is 0 Å². The molecule has 0 N–H and O–H groups in total. The first kappa shape index (κ1) is 16.5. The molecule has 130 valence electrons. The van der Waals surface area contributed by atoms with E-state index in [-0.39, 0.29) is 5.91 Å². The van der Waals surface area contributed by atoms with E-state index in [1.807, 2.05) is 60.1 Å². The van der Waals surface area contributed by atoms with Crippen molar-refractivity contribution in [3.8, 4) is 11.4 Å². The Morgan fingerprint density at radius 2 is 1.81 bits per heavy atom. The van der Waals surface area contributed by atoms with Crippen molar-refractivity contribution in [2.75, 3.05) is 14.1 Å². The molecule has 0 spiro atoms. The normalized spacial score (nSPS) is 11.2. The first-order valence-electron chi connectivity index (χ1n) is 8.20. The van der Waals surface area contributed by atoms with Gasteiger partial charge in [-0.3, -0.25) is 4.79 Å². The minimum Gasteiger partial charge on any atom is -0.343 e. The van der Waals surface area contributed by atoms with Crippen LogP contribution < -0.4 is 0 Å². The lowest BCUT2D eigenvalue weighted by Gasteiger charge is -2.12. The van der Waals surface area contributed by atoms with Gasteiger partial charge in [0.05, 0.1) is 10.9 Å². The summed E-state index contributed by atoms with van der Waals surface area (Å²) >= 11 is 6.20. The third-order valence-electron chi connectivity index (χ3n) is 4.44. The van der Waals surface area contributed by atoms with Gasteiger partial charge in [-0.05, 0) is 18.2 Å². The zero-order valence-corrected chi connectivity index (χ0v) is 15.4. The van der Waals surface area contributed by atoms with Gasteiger partial charge in [-0.15, -0.1) is 0 Å². The van der Waals surface area contributed by atoms with Crippen molar-refractivity contribution in [3.63, 3.8) is 0 Å². The molecule has 26 heavy (non-hydrogen) atoms. The van der Waals surface area contributed by atoms with Gasteiger partial charge in [0.1, 0.15) is 11.3 Å². The maximum atomic E-state index is 12.9. The van der Waals surface area contributed by atoms with E-state index >= 15 is 0 Å². The highest BCUT2D eigenvalue weighted by Gasteiger charge is 2.22. The lowest BCUT2D eigenvalue weighted by atomic mass is 10.1. The number of hydrogen-bond acceptors (Lipinski definition) is 3. The van der Waals surface area contributed by atoms with E-state index in [2.05, 4.69) is 4.98 Å².